The molecule has 1 aliphatic rings. The first-order chi connectivity index (χ1) is 15.3. The van der Waals surface area contributed by atoms with Gasteiger partial charge in [0.05, 0.1) is 23.5 Å². The molecule has 3 rings (SSSR count). The molecule has 0 bridgehead atoms. The zero-order valence-corrected chi connectivity index (χ0v) is 19.1. The number of carbonyl (C=O) groups is 3. The van der Waals surface area contributed by atoms with Crippen molar-refractivity contribution in [3.63, 3.8) is 0 Å². The zero-order chi connectivity index (χ0) is 23.3. The van der Waals surface area contributed by atoms with E-state index in [0.29, 0.717) is 24.3 Å². The molecular weight excluding hydrogens is 424 g/mol. The number of hydrogen-bond donors (Lipinski definition) is 2. The van der Waals surface area contributed by atoms with Gasteiger partial charge in [0.1, 0.15) is 11.8 Å². The second kappa shape index (κ2) is 10.5. The normalized spacial score (nSPS) is 18.8. The third-order valence-corrected chi connectivity index (χ3v) is 6.35. The fraction of sp³-hybridized carbons (Fsp3) is 0.360. The number of Topliss-reactive ketones (excluding diaryl/α,β-unsaturated/α-hetero) is 1. The van der Waals surface area contributed by atoms with Crippen LogP contribution in [-0.4, -0.2) is 45.2 Å². The topological polar surface area (TPSA) is 86.7 Å². The van der Waals surface area contributed by atoms with E-state index >= 15 is 0 Å². The molecule has 7 heteroatoms. The summed E-state index contributed by atoms with van der Waals surface area (Å²) in [6, 6.07) is 16.2. The predicted octanol–water partition coefficient (Wildman–Crippen LogP) is 3.48. The van der Waals surface area contributed by atoms with Crippen LogP contribution < -0.4 is 5.32 Å². The number of nitrogens with one attached hydrogen (secondary N) is 1. The number of aryl methyl sites for hydroxylation is 1. The molecule has 6 nitrogen and oxygen atoms in total. The molecule has 0 aromatic heterocycles. The van der Waals surface area contributed by atoms with E-state index in [4.69, 9.17) is 12.2 Å². The van der Waals surface area contributed by atoms with E-state index in [1.165, 1.54) is 11.8 Å². The fourth-order valence-corrected chi connectivity index (χ4v) is 4.49. The smallest absolute Gasteiger partial charge is 0.326 e. The van der Waals surface area contributed by atoms with Crippen LogP contribution in [0.4, 0.5) is 0 Å². The van der Waals surface area contributed by atoms with E-state index in [-0.39, 0.29) is 24.3 Å². The summed E-state index contributed by atoms with van der Waals surface area (Å²) in [5.74, 6) is -1.98. The number of ketones is 1. The van der Waals surface area contributed by atoms with Crippen molar-refractivity contribution in [3.8, 4) is 0 Å². The largest absolute Gasteiger partial charge is 0.480 e. The highest BCUT2D eigenvalue weighted by Gasteiger charge is 2.41. The first-order valence-electron chi connectivity index (χ1n) is 10.7. The van der Waals surface area contributed by atoms with Gasteiger partial charge in [-0.15, -0.1) is 0 Å². The van der Waals surface area contributed by atoms with E-state index in [0.717, 1.165) is 16.7 Å². The quantitative estimate of drug-likeness (QED) is 0.597. The van der Waals surface area contributed by atoms with Crippen LogP contribution in [0.3, 0.4) is 0 Å². The van der Waals surface area contributed by atoms with Gasteiger partial charge in [-0.25, -0.2) is 4.79 Å². The van der Waals surface area contributed by atoms with Crippen LogP contribution >= 0.6 is 12.2 Å². The highest BCUT2D eigenvalue weighted by molar-refractivity contribution is 7.80. The Hall–Kier alpha value is -3.06. The van der Waals surface area contributed by atoms with Crippen LogP contribution in [0.15, 0.2) is 54.6 Å². The van der Waals surface area contributed by atoms with Crippen molar-refractivity contribution in [1.29, 1.82) is 0 Å². The van der Waals surface area contributed by atoms with E-state index < -0.39 is 17.9 Å². The third kappa shape index (κ3) is 5.59. The van der Waals surface area contributed by atoms with Crippen molar-refractivity contribution in [1.82, 2.24) is 10.2 Å². The van der Waals surface area contributed by atoms with Crippen molar-refractivity contribution < 1.29 is 19.5 Å². The van der Waals surface area contributed by atoms with Gasteiger partial charge in [0.15, 0.2) is 0 Å². The molecule has 1 amide bonds. The lowest BCUT2D eigenvalue weighted by atomic mass is 9.95. The third-order valence-electron chi connectivity index (χ3n) is 5.92. The average Bonchev–Trinajstić information content (AvgIpc) is 3.22. The first kappa shape index (κ1) is 23.6. The number of carboxylic acid groups (broad SMARTS) is 1. The molecule has 0 spiro atoms. The fourth-order valence-electron chi connectivity index (χ4n) is 4.17. The zero-order valence-electron chi connectivity index (χ0n) is 18.3. The molecule has 1 saturated heterocycles. The molecule has 2 N–H and O–H groups in total. The molecule has 2 aromatic rings. The van der Waals surface area contributed by atoms with Crippen LogP contribution in [-0.2, 0) is 20.8 Å². The molecule has 3 atom stereocenters. The van der Waals surface area contributed by atoms with Crippen molar-refractivity contribution in [2.45, 2.75) is 45.2 Å². The molecule has 0 aliphatic carbocycles. The number of benzene rings is 2. The Labute approximate surface area is 193 Å². The minimum absolute atomic E-state index is 0.0825. The maximum Gasteiger partial charge on any atom is 0.326 e. The lowest BCUT2D eigenvalue weighted by Crippen LogP contribution is -2.47. The highest BCUT2D eigenvalue weighted by atomic mass is 32.1. The predicted molar refractivity (Wildman–Crippen MR) is 126 cm³/mol. The summed E-state index contributed by atoms with van der Waals surface area (Å²) >= 11 is 5.44. The lowest BCUT2D eigenvalue weighted by Gasteiger charge is -2.29. The molecular formula is C25H28N2O4S. The summed E-state index contributed by atoms with van der Waals surface area (Å²) < 4.78 is 0. The Morgan fingerprint density at radius 1 is 1.09 bits per heavy atom. The summed E-state index contributed by atoms with van der Waals surface area (Å²) in [5.41, 5.74) is 2.99. The monoisotopic (exact) mass is 452 g/mol. The van der Waals surface area contributed by atoms with Crippen molar-refractivity contribution in [3.05, 3.63) is 71.3 Å². The summed E-state index contributed by atoms with van der Waals surface area (Å²) in [7, 11) is 0. The Balaban J connectivity index is 1.71. The Morgan fingerprint density at radius 2 is 1.75 bits per heavy atom. The molecule has 1 heterocycles. The summed E-state index contributed by atoms with van der Waals surface area (Å²) in [4.78, 5) is 38.9. The van der Waals surface area contributed by atoms with Gasteiger partial charge in [0, 0.05) is 0 Å². The molecule has 1 fully saturated rings. The average molecular weight is 453 g/mol. The Bertz CT molecular complexity index is 991. The molecule has 0 saturated carbocycles. The SMILES string of the molecule is CC(=O)C(Cc1ccccc1)C(=S)NCC(=O)N1C(c2ccc(C)cc2)CC[C@H]1C(=O)O. The first-order valence-corrected chi connectivity index (χ1v) is 11.1. The Morgan fingerprint density at radius 3 is 2.34 bits per heavy atom. The minimum atomic E-state index is -1.01. The van der Waals surface area contributed by atoms with Crippen molar-refractivity contribution >= 4 is 34.9 Å². The van der Waals surface area contributed by atoms with Gasteiger partial charge in [0.25, 0.3) is 0 Å². The van der Waals surface area contributed by atoms with Gasteiger partial charge in [-0.1, -0.05) is 72.4 Å². The second-order valence-corrected chi connectivity index (χ2v) is 8.67. The van der Waals surface area contributed by atoms with Crippen LogP contribution in [0.2, 0.25) is 0 Å². The summed E-state index contributed by atoms with van der Waals surface area (Å²) in [6.45, 7) is 3.31. The minimum Gasteiger partial charge on any atom is -0.480 e. The number of amides is 1. The van der Waals surface area contributed by atoms with Crippen LogP contribution in [0.1, 0.15) is 42.5 Å². The molecule has 2 unspecified atom stereocenters. The lowest BCUT2D eigenvalue weighted by molar-refractivity contribution is -0.149. The van der Waals surface area contributed by atoms with Crippen LogP contribution in [0.5, 0.6) is 0 Å². The van der Waals surface area contributed by atoms with Gasteiger partial charge < -0.3 is 15.3 Å². The molecule has 0 radical (unpaired) electrons. The van der Waals surface area contributed by atoms with E-state index in [1.54, 1.807) is 0 Å². The van der Waals surface area contributed by atoms with Gasteiger partial charge in [-0.2, -0.15) is 0 Å². The number of carbonyl (C=O) groups excluding carboxylic acids is 2. The highest BCUT2D eigenvalue weighted by Crippen LogP contribution is 2.36. The molecule has 1 aliphatic heterocycles. The second-order valence-electron chi connectivity index (χ2n) is 8.23. The van der Waals surface area contributed by atoms with Gasteiger partial charge in [0.2, 0.25) is 5.91 Å². The number of aliphatic carboxylic acids is 1. The molecule has 2 aromatic carbocycles. The number of rotatable bonds is 8. The van der Waals surface area contributed by atoms with Crippen LogP contribution in [0.25, 0.3) is 0 Å². The number of likely N-dealkylation sites (tertiary alicyclic amines) is 1. The Kier molecular flexibility index (Phi) is 7.75. The van der Waals surface area contributed by atoms with Gasteiger partial charge in [-0.05, 0) is 44.2 Å². The number of carboxylic acids is 1. The van der Waals surface area contributed by atoms with Crippen molar-refractivity contribution in [2.75, 3.05) is 6.54 Å². The summed E-state index contributed by atoms with van der Waals surface area (Å²) in [5, 5.41) is 12.6. The van der Waals surface area contributed by atoms with Crippen LogP contribution in [0, 0.1) is 12.8 Å². The van der Waals surface area contributed by atoms with Gasteiger partial charge in [-0.3, -0.25) is 9.59 Å². The number of thiocarbonyl (C=S) groups is 1. The van der Waals surface area contributed by atoms with E-state index in [1.807, 2.05) is 61.5 Å². The van der Waals surface area contributed by atoms with E-state index in [9.17, 15) is 19.5 Å². The summed E-state index contributed by atoms with van der Waals surface area (Å²) in [6.07, 6.45) is 1.43. The number of hydrogen-bond acceptors (Lipinski definition) is 4. The standard InChI is InChI=1S/C25H28N2O4S/c1-16-8-10-19(11-9-16)21-12-13-22(25(30)31)27(21)23(29)15-26-24(32)20(17(2)28)14-18-6-4-3-5-7-18/h3-11,20-22H,12-15H2,1-2H3,(H,26,32)(H,30,31)/t20?,21?,22-/m0/s1. The van der Waals surface area contributed by atoms with Gasteiger partial charge >= 0.3 is 5.97 Å². The van der Waals surface area contributed by atoms with E-state index in [2.05, 4.69) is 5.32 Å². The molecule has 168 valence electrons. The van der Waals surface area contributed by atoms with Crippen molar-refractivity contribution in [2.24, 2.45) is 5.92 Å². The molecule has 32 heavy (non-hydrogen) atoms. The maximum atomic E-state index is 13.1. The number of nitrogens with zero attached hydrogens (tertiary/aromatic N) is 1. The maximum absolute atomic E-state index is 13.1.